The molecule has 24 heteroatoms. The Labute approximate surface area is 348 Å². The number of hydrogen-bond donors (Lipinski definition) is 10. The zero-order valence-corrected chi connectivity index (χ0v) is 34.2. The molecule has 0 aromatic rings. The Morgan fingerprint density at radius 1 is 0.367 bits per heavy atom. The van der Waals surface area contributed by atoms with Gasteiger partial charge in [-0.2, -0.15) is 0 Å². The van der Waals surface area contributed by atoms with E-state index in [0.717, 1.165) is 0 Å². The van der Waals surface area contributed by atoms with E-state index in [1.54, 1.807) is 39.2 Å². The lowest BCUT2D eigenvalue weighted by molar-refractivity contribution is -0.147. The van der Waals surface area contributed by atoms with Gasteiger partial charge in [-0.25, -0.2) is 0 Å². The Kier molecular flexibility index (Phi) is 24.5. The minimum Gasteiger partial charge on any atom is -0.480 e. The van der Waals surface area contributed by atoms with Crippen molar-refractivity contribution in [3.63, 3.8) is 0 Å². The first kappa shape index (κ1) is 52.5. The van der Waals surface area contributed by atoms with Crippen molar-refractivity contribution >= 4 is 35.8 Å². The summed E-state index contributed by atoms with van der Waals surface area (Å²) in [6.45, 7) is -0.304. The van der Waals surface area contributed by atoms with E-state index in [-0.39, 0.29) is 157 Å². The van der Waals surface area contributed by atoms with Crippen molar-refractivity contribution in [1.29, 1.82) is 0 Å². The molecule has 0 aromatic heterocycles. The fourth-order valence-corrected chi connectivity index (χ4v) is 7.44. The van der Waals surface area contributed by atoms with Gasteiger partial charge in [0.05, 0.1) is 51.6 Å². The number of carbonyl (C=O) groups is 6. The van der Waals surface area contributed by atoms with Gasteiger partial charge in [0.15, 0.2) is 0 Å². The normalized spacial score (nSPS) is 21.6. The number of β-amino-alcohol motifs (C(OH)–C–C–N with tert-alkyl or cyclic N) is 2. The van der Waals surface area contributed by atoms with Crippen LogP contribution in [-0.4, -0.2) is 308 Å². The predicted octanol–water partition coefficient (Wildman–Crippen LogP) is -5.84. The first-order valence-corrected chi connectivity index (χ1v) is 20.1. The number of carboxylic acids is 6. The summed E-state index contributed by atoms with van der Waals surface area (Å²) in [5.41, 5.74) is 0. The first-order valence-electron chi connectivity index (χ1n) is 20.1. The summed E-state index contributed by atoms with van der Waals surface area (Å²) in [4.78, 5) is 86.2. The molecule has 2 fully saturated rings. The maximum absolute atomic E-state index is 13.0. The van der Waals surface area contributed by atoms with E-state index in [9.17, 15) is 79.8 Å². The molecule has 0 spiro atoms. The molecule has 0 bridgehead atoms. The summed E-state index contributed by atoms with van der Waals surface area (Å²) < 4.78 is 0. The molecule has 2 aliphatic heterocycles. The maximum atomic E-state index is 13.0. The number of rotatable bonds is 21. The number of hydrogen-bond acceptors (Lipinski definition) is 18. The molecular formula is C36H66N8O16. The fraction of sp³-hybridized carbons (Fsp3) is 0.833. The lowest BCUT2D eigenvalue weighted by Crippen LogP contribution is -2.53. The molecule has 0 radical (unpaired) electrons. The van der Waals surface area contributed by atoms with Crippen LogP contribution in [0.3, 0.4) is 0 Å². The Bertz CT molecular complexity index is 1190. The van der Waals surface area contributed by atoms with Crippen LogP contribution in [0.15, 0.2) is 0 Å². The van der Waals surface area contributed by atoms with E-state index in [2.05, 4.69) is 0 Å². The second-order valence-electron chi connectivity index (χ2n) is 15.3. The molecule has 2 rings (SSSR count). The van der Waals surface area contributed by atoms with Gasteiger partial charge < -0.3 is 51.1 Å². The molecule has 0 saturated carbocycles. The molecule has 10 N–H and O–H groups in total. The quantitative estimate of drug-likeness (QED) is 0.0514. The molecule has 2 heterocycles. The standard InChI is InChI=1S/C36H66N8O16/c45-25-27(47)19-37-3-7-39(21-31(49)50)11-15-43(16-12-40(8-4-37)22-32(51)52)29(35(57)58)1-2-30(36(59)60)44-17-13-41(23-33(53)54)9-5-38(20-28(48)26-46)6-10-42(14-18-44)24-34(55)56/h27-30,45-48H,1-26H2,(H,49,50)(H,51,52)(H,53,54)(H,55,56)(H,57,58)(H,59,60). The topological polar surface area (TPSA) is 331 Å². The van der Waals surface area contributed by atoms with Gasteiger partial charge in [-0.3, -0.25) is 68.0 Å². The SMILES string of the molecule is O=C(O)CN1CCN(CC(O)CO)CCN(CC(=O)O)CCN(C(CCC(C(=O)O)N2CCN(CC(=O)O)CCN(CC(O)CO)CCN(CC(=O)O)CC2)C(=O)O)CC1. The van der Waals surface area contributed by atoms with E-state index in [0.29, 0.717) is 0 Å². The molecule has 0 aliphatic carbocycles. The van der Waals surface area contributed by atoms with Gasteiger partial charge in [-0.1, -0.05) is 0 Å². The highest BCUT2D eigenvalue weighted by molar-refractivity contribution is 5.75. The molecule has 4 unspecified atom stereocenters. The van der Waals surface area contributed by atoms with E-state index in [1.807, 2.05) is 0 Å². The molecule has 60 heavy (non-hydrogen) atoms. The minimum atomic E-state index is -1.29. The van der Waals surface area contributed by atoms with Crippen LogP contribution in [0.2, 0.25) is 0 Å². The van der Waals surface area contributed by atoms with Crippen molar-refractivity contribution in [3.8, 4) is 0 Å². The van der Waals surface area contributed by atoms with Gasteiger partial charge in [0.1, 0.15) is 12.1 Å². The predicted molar refractivity (Wildman–Crippen MR) is 211 cm³/mol. The number of aliphatic hydroxyl groups is 4. The Balaban J connectivity index is 2.41. The third-order valence-corrected chi connectivity index (χ3v) is 10.7. The summed E-state index contributed by atoms with van der Waals surface area (Å²) in [5.74, 6) is -7.08. The average Bonchev–Trinajstić information content (AvgIpc) is 3.16. The van der Waals surface area contributed by atoms with Crippen LogP contribution < -0.4 is 0 Å². The van der Waals surface area contributed by atoms with Crippen molar-refractivity contribution in [2.75, 3.05) is 157 Å². The second-order valence-corrected chi connectivity index (χ2v) is 15.3. The third kappa shape index (κ3) is 21.2. The molecule has 24 nitrogen and oxygen atoms in total. The Morgan fingerprint density at radius 3 is 0.783 bits per heavy atom. The zero-order valence-electron chi connectivity index (χ0n) is 34.2. The zero-order chi connectivity index (χ0) is 44.8. The monoisotopic (exact) mass is 866 g/mol. The number of nitrogens with zero attached hydrogens (tertiary/aromatic N) is 8. The molecule has 0 aromatic carbocycles. The minimum absolute atomic E-state index is 0.0204. The van der Waals surface area contributed by atoms with Gasteiger partial charge >= 0.3 is 35.8 Å². The summed E-state index contributed by atoms with van der Waals surface area (Å²) in [6, 6.07) is -2.58. The van der Waals surface area contributed by atoms with Gasteiger partial charge in [0, 0.05) is 118 Å². The van der Waals surface area contributed by atoms with Gasteiger partial charge in [0.2, 0.25) is 0 Å². The number of aliphatic hydroxyl groups excluding tert-OH is 4. The lowest BCUT2D eigenvalue weighted by Gasteiger charge is -2.37. The van der Waals surface area contributed by atoms with Crippen LogP contribution in [0.4, 0.5) is 0 Å². The van der Waals surface area contributed by atoms with Crippen molar-refractivity contribution in [1.82, 2.24) is 39.2 Å². The summed E-state index contributed by atoms with van der Waals surface area (Å²) >= 11 is 0. The maximum Gasteiger partial charge on any atom is 0.320 e. The van der Waals surface area contributed by atoms with Crippen LogP contribution >= 0.6 is 0 Å². The van der Waals surface area contributed by atoms with Crippen molar-refractivity contribution in [3.05, 3.63) is 0 Å². The number of carboxylic acid groups (broad SMARTS) is 6. The van der Waals surface area contributed by atoms with E-state index in [1.165, 1.54) is 0 Å². The van der Waals surface area contributed by atoms with Crippen LogP contribution in [0.5, 0.6) is 0 Å². The summed E-state index contributed by atoms with van der Waals surface area (Å²) in [7, 11) is 0. The van der Waals surface area contributed by atoms with Crippen LogP contribution in [0.1, 0.15) is 12.8 Å². The molecule has 4 atom stereocenters. The largest absolute Gasteiger partial charge is 0.480 e. The fourth-order valence-electron chi connectivity index (χ4n) is 7.44. The van der Waals surface area contributed by atoms with Crippen molar-refractivity contribution in [2.24, 2.45) is 0 Å². The second kappa shape index (κ2) is 28.0. The van der Waals surface area contributed by atoms with Crippen molar-refractivity contribution < 1.29 is 79.8 Å². The highest BCUT2D eigenvalue weighted by Gasteiger charge is 2.33. The van der Waals surface area contributed by atoms with Gasteiger partial charge in [-0.05, 0) is 12.8 Å². The van der Waals surface area contributed by atoms with E-state index in [4.69, 9.17) is 0 Å². The van der Waals surface area contributed by atoms with Crippen LogP contribution in [0.25, 0.3) is 0 Å². The Morgan fingerprint density at radius 2 is 0.583 bits per heavy atom. The molecule has 0 amide bonds. The van der Waals surface area contributed by atoms with Gasteiger partial charge in [0.25, 0.3) is 0 Å². The lowest BCUT2D eigenvalue weighted by atomic mass is 10.0. The Hall–Kier alpha value is -3.66. The van der Waals surface area contributed by atoms with Gasteiger partial charge in [-0.15, -0.1) is 0 Å². The highest BCUT2D eigenvalue weighted by atomic mass is 16.4. The molecule has 346 valence electrons. The highest BCUT2D eigenvalue weighted by Crippen LogP contribution is 2.17. The molecule has 2 aliphatic rings. The number of aliphatic carboxylic acids is 6. The summed E-state index contributed by atoms with van der Waals surface area (Å²) in [5, 5.41) is 98.7. The molecule has 2 saturated heterocycles. The van der Waals surface area contributed by atoms with E-state index >= 15 is 0 Å². The van der Waals surface area contributed by atoms with E-state index < -0.39 is 73.3 Å². The average molecular weight is 867 g/mol. The first-order chi connectivity index (χ1) is 28.4. The van der Waals surface area contributed by atoms with Crippen LogP contribution in [0, 0.1) is 0 Å². The molecular weight excluding hydrogens is 800 g/mol. The van der Waals surface area contributed by atoms with Crippen LogP contribution in [-0.2, 0) is 28.8 Å². The third-order valence-electron chi connectivity index (χ3n) is 10.7. The van der Waals surface area contributed by atoms with Crippen molar-refractivity contribution in [2.45, 2.75) is 37.1 Å². The smallest absolute Gasteiger partial charge is 0.320 e. The summed E-state index contributed by atoms with van der Waals surface area (Å²) in [6.07, 6.45) is -2.57.